The minimum Gasteiger partial charge on any atom is -0.307 e. The van der Waals surface area contributed by atoms with Gasteiger partial charge in [0, 0.05) is 47.0 Å². The third-order valence-corrected chi connectivity index (χ3v) is 5.35. The molecule has 6 heteroatoms. The van der Waals surface area contributed by atoms with Crippen LogP contribution in [0, 0.1) is 0 Å². The molecule has 0 atom stereocenters. The van der Waals surface area contributed by atoms with Crippen LogP contribution in [0.15, 0.2) is 71.2 Å². The molecule has 20 heavy (non-hydrogen) atoms. The average molecular weight is 298 g/mol. The summed E-state index contributed by atoms with van der Waals surface area (Å²) in [6, 6.07) is 8.37. The van der Waals surface area contributed by atoms with Gasteiger partial charge in [-0.2, -0.15) is 0 Å². The Morgan fingerprint density at radius 1 is 0.700 bits per heavy atom. The lowest BCUT2D eigenvalue weighted by atomic mass is 10.5. The summed E-state index contributed by atoms with van der Waals surface area (Å²) in [7, 11) is 3.46. The van der Waals surface area contributed by atoms with E-state index in [9.17, 15) is 0 Å². The largest absolute Gasteiger partial charge is 0.307 e. The second-order valence-electron chi connectivity index (χ2n) is 4.28. The molecule has 0 fully saturated rings. The Bertz CT molecular complexity index is 807. The van der Waals surface area contributed by atoms with E-state index in [2.05, 4.69) is 34.2 Å². The van der Waals surface area contributed by atoms with Crippen molar-refractivity contribution in [2.24, 2.45) is 0 Å². The van der Waals surface area contributed by atoms with Crippen molar-refractivity contribution in [2.45, 2.75) is 9.79 Å². The van der Waals surface area contributed by atoms with Gasteiger partial charge in [0.1, 0.15) is 11.3 Å². The molecule has 4 aromatic rings. The highest BCUT2D eigenvalue weighted by molar-refractivity contribution is 8.76. The number of hydrogen-bond acceptors (Lipinski definition) is 4. The van der Waals surface area contributed by atoms with E-state index in [1.165, 1.54) is 9.79 Å². The monoisotopic (exact) mass is 298 g/mol. The van der Waals surface area contributed by atoms with Gasteiger partial charge in [-0.15, -0.1) is 0 Å². The molecule has 0 spiro atoms. The van der Waals surface area contributed by atoms with Gasteiger partial charge < -0.3 is 8.80 Å². The van der Waals surface area contributed by atoms with Crippen LogP contribution in [0.25, 0.3) is 11.3 Å². The summed E-state index contributed by atoms with van der Waals surface area (Å²) >= 11 is 0. The molecular weight excluding hydrogens is 288 g/mol. The fourth-order valence-corrected chi connectivity index (χ4v) is 3.91. The summed E-state index contributed by atoms with van der Waals surface area (Å²) in [5, 5.41) is 0. The first kappa shape index (κ1) is 11.9. The molecule has 0 aromatic carbocycles. The third-order valence-electron chi connectivity index (χ3n) is 2.97. The van der Waals surface area contributed by atoms with Crippen molar-refractivity contribution in [3.8, 4) is 0 Å². The number of fused-ring (bicyclic) bond motifs is 2. The molecule has 0 saturated carbocycles. The first-order valence-corrected chi connectivity index (χ1v) is 8.23. The molecule has 4 rings (SSSR count). The summed E-state index contributed by atoms with van der Waals surface area (Å²) < 4.78 is 4.01. The van der Waals surface area contributed by atoms with Gasteiger partial charge in [-0.25, -0.2) is 9.97 Å². The van der Waals surface area contributed by atoms with E-state index in [0.717, 1.165) is 11.3 Å². The Labute approximate surface area is 123 Å². The van der Waals surface area contributed by atoms with Crippen molar-refractivity contribution in [3.05, 3.63) is 61.4 Å². The topological polar surface area (TPSA) is 34.6 Å². The standard InChI is InChI=1S/C14H10N4S2/c1-5-17-7-3-15-13(17)9-11(1)19-20-12-2-6-18-8-4-16-14(18)10-12/h1-10H. The molecule has 0 radical (unpaired) electrons. The van der Waals surface area contributed by atoms with Crippen LogP contribution < -0.4 is 0 Å². The summed E-state index contributed by atoms with van der Waals surface area (Å²) in [5.74, 6) is 0. The van der Waals surface area contributed by atoms with Gasteiger partial charge in [0.2, 0.25) is 0 Å². The zero-order valence-electron chi connectivity index (χ0n) is 10.4. The molecule has 0 amide bonds. The van der Waals surface area contributed by atoms with E-state index < -0.39 is 0 Å². The highest BCUT2D eigenvalue weighted by Crippen LogP contribution is 2.37. The predicted octanol–water partition coefficient (Wildman–Crippen LogP) is 3.78. The fourth-order valence-electron chi connectivity index (χ4n) is 1.98. The molecule has 0 N–H and O–H groups in total. The van der Waals surface area contributed by atoms with Gasteiger partial charge in [-0.1, -0.05) is 21.6 Å². The number of aromatic nitrogens is 4. The van der Waals surface area contributed by atoms with E-state index in [-0.39, 0.29) is 0 Å². The van der Waals surface area contributed by atoms with Crippen LogP contribution in [0.2, 0.25) is 0 Å². The molecule has 0 aliphatic heterocycles. The van der Waals surface area contributed by atoms with Gasteiger partial charge in [-0.3, -0.25) is 0 Å². The van der Waals surface area contributed by atoms with Crippen molar-refractivity contribution >= 4 is 32.9 Å². The second kappa shape index (κ2) is 4.88. The quantitative estimate of drug-likeness (QED) is 0.539. The summed E-state index contributed by atoms with van der Waals surface area (Å²) in [6.45, 7) is 0. The van der Waals surface area contributed by atoms with Crippen LogP contribution in [0.4, 0.5) is 0 Å². The van der Waals surface area contributed by atoms with Gasteiger partial charge in [0.15, 0.2) is 0 Å². The maximum Gasteiger partial charge on any atom is 0.137 e. The zero-order chi connectivity index (χ0) is 13.4. The molecule has 98 valence electrons. The van der Waals surface area contributed by atoms with E-state index in [4.69, 9.17) is 0 Å². The lowest BCUT2D eigenvalue weighted by molar-refractivity contribution is 1.16. The SMILES string of the molecule is c1cn2ccc(SSc3ccn4ccnc4c3)cc2n1. The Kier molecular flexibility index (Phi) is 2.90. The molecule has 4 nitrogen and oxygen atoms in total. The smallest absolute Gasteiger partial charge is 0.137 e. The van der Waals surface area contributed by atoms with Crippen LogP contribution in [-0.2, 0) is 0 Å². The first-order chi connectivity index (χ1) is 9.88. The lowest BCUT2D eigenvalue weighted by Crippen LogP contribution is -1.83. The van der Waals surface area contributed by atoms with E-state index >= 15 is 0 Å². The van der Waals surface area contributed by atoms with Crippen molar-refractivity contribution in [1.29, 1.82) is 0 Å². The predicted molar refractivity (Wildman–Crippen MR) is 82.1 cm³/mol. The van der Waals surface area contributed by atoms with Gasteiger partial charge in [0.25, 0.3) is 0 Å². The number of rotatable bonds is 3. The highest BCUT2D eigenvalue weighted by atomic mass is 33.1. The minimum absolute atomic E-state index is 0.972. The van der Waals surface area contributed by atoms with Crippen LogP contribution >= 0.6 is 21.6 Å². The van der Waals surface area contributed by atoms with Crippen molar-refractivity contribution in [3.63, 3.8) is 0 Å². The Balaban J connectivity index is 1.56. The molecule has 0 aliphatic rings. The van der Waals surface area contributed by atoms with Gasteiger partial charge >= 0.3 is 0 Å². The fraction of sp³-hybridized carbons (Fsp3) is 0. The Morgan fingerprint density at radius 3 is 1.70 bits per heavy atom. The summed E-state index contributed by atoms with van der Waals surface area (Å²) in [6.07, 6.45) is 11.6. The number of imidazole rings is 2. The molecule has 0 aliphatic carbocycles. The van der Waals surface area contributed by atoms with Crippen LogP contribution in [-0.4, -0.2) is 18.8 Å². The van der Waals surface area contributed by atoms with E-state index in [1.54, 1.807) is 21.6 Å². The molecule has 0 unspecified atom stereocenters. The van der Waals surface area contributed by atoms with Crippen LogP contribution in [0.5, 0.6) is 0 Å². The number of nitrogens with zero attached hydrogens (tertiary/aromatic N) is 4. The van der Waals surface area contributed by atoms with Gasteiger partial charge in [0.05, 0.1) is 0 Å². The highest BCUT2D eigenvalue weighted by Gasteiger charge is 2.02. The number of pyridine rings is 2. The van der Waals surface area contributed by atoms with Crippen molar-refractivity contribution in [2.75, 3.05) is 0 Å². The van der Waals surface area contributed by atoms with Crippen molar-refractivity contribution < 1.29 is 0 Å². The maximum absolute atomic E-state index is 4.30. The van der Waals surface area contributed by atoms with E-state index in [1.807, 2.05) is 46.0 Å². The minimum atomic E-state index is 0.972. The Morgan fingerprint density at radius 2 is 1.20 bits per heavy atom. The van der Waals surface area contributed by atoms with Crippen LogP contribution in [0.3, 0.4) is 0 Å². The molecule has 0 bridgehead atoms. The van der Waals surface area contributed by atoms with E-state index in [0.29, 0.717) is 0 Å². The molecule has 4 heterocycles. The Hall–Kier alpha value is -1.92. The molecule has 0 saturated heterocycles. The molecular formula is C14H10N4S2. The average Bonchev–Trinajstić information content (AvgIpc) is 3.12. The maximum atomic E-state index is 4.30. The molecule has 4 aromatic heterocycles. The summed E-state index contributed by atoms with van der Waals surface area (Å²) in [5.41, 5.74) is 1.94. The lowest BCUT2D eigenvalue weighted by Gasteiger charge is -2.02. The van der Waals surface area contributed by atoms with Gasteiger partial charge in [-0.05, 0) is 24.3 Å². The summed E-state index contributed by atoms with van der Waals surface area (Å²) in [4.78, 5) is 11.0. The second-order valence-corrected chi connectivity index (χ2v) is 6.55. The van der Waals surface area contributed by atoms with Crippen molar-refractivity contribution in [1.82, 2.24) is 18.8 Å². The zero-order valence-corrected chi connectivity index (χ0v) is 12.0. The first-order valence-electron chi connectivity index (χ1n) is 6.08. The third kappa shape index (κ3) is 2.17. The number of hydrogen-bond donors (Lipinski definition) is 0. The van der Waals surface area contributed by atoms with Crippen LogP contribution in [0.1, 0.15) is 0 Å². The normalized spacial score (nSPS) is 11.4.